The molecule has 0 bridgehead atoms. The van der Waals surface area contributed by atoms with Crippen molar-refractivity contribution in [2.24, 2.45) is 5.73 Å². The molecule has 0 spiro atoms. The number of anilines is 1. The van der Waals surface area contributed by atoms with E-state index in [9.17, 15) is 4.79 Å². The minimum atomic E-state index is -0.316. The largest absolute Gasteiger partial charge is 0.444 e. The molecule has 1 aromatic carbocycles. The molecule has 0 saturated carbocycles. The van der Waals surface area contributed by atoms with Crippen LogP contribution < -0.4 is 10.6 Å². The molecule has 0 aromatic heterocycles. The summed E-state index contributed by atoms with van der Waals surface area (Å²) in [4.78, 5) is 13.3. The number of hydrogen-bond donors (Lipinski definition) is 1. The Kier molecular flexibility index (Phi) is 3.46. The number of nitrogens with two attached hydrogens (primary N) is 1. The van der Waals surface area contributed by atoms with E-state index in [0.717, 1.165) is 16.6 Å². The van der Waals surface area contributed by atoms with E-state index >= 15 is 0 Å². The molecule has 2 rings (SSSR count). The first-order chi connectivity index (χ1) is 7.70. The summed E-state index contributed by atoms with van der Waals surface area (Å²) in [6.07, 6.45) is 0.321. The molecule has 86 valence electrons. The van der Waals surface area contributed by atoms with Gasteiger partial charge in [0, 0.05) is 29.7 Å². The fraction of sp³-hybridized carbons (Fsp3) is 0.364. The monoisotopic (exact) mass is 284 g/mol. The zero-order chi connectivity index (χ0) is 11.5. The molecule has 1 aliphatic rings. The van der Waals surface area contributed by atoms with E-state index < -0.39 is 0 Å². The number of amides is 1. The van der Waals surface area contributed by atoms with E-state index in [2.05, 4.69) is 15.9 Å². The molecule has 0 radical (unpaired) electrons. The van der Waals surface area contributed by atoms with E-state index in [0.29, 0.717) is 13.1 Å². The van der Waals surface area contributed by atoms with Crippen molar-refractivity contribution >= 4 is 27.7 Å². The lowest BCUT2D eigenvalue weighted by Gasteiger charge is -2.31. The molecule has 1 fully saturated rings. The molecule has 0 aliphatic carbocycles. The van der Waals surface area contributed by atoms with Crippen molar-refractivity contribution in [1.29, 1.82) is 0 Å². The van der Waals surface area contributed by atoms with Gasteiger partial charge in [-0.2, -0.15) is 0 Å². The van der Waals surface area contributed by atoms with Gasteiger partial charge in [0.15, 0.2) is 0 Å². The summed E-state index contributed by atoms with van der Waals surface area (Å²) in [7, 11) is 0. The Labute approximate surface area is 102 Å². The van der Waals surface area contributed by atoms with E-state index in [1.54, 1.807) is 4.90 Å². The van der Waals surface area contributed by atoms with Crippen LogP contribution in [0.25, 0.3) is 0 Å². The Bertz CT molecular complexity index is 380. The summed E-state index contributed by atoms with van der Waals surface area (Å²) in [5.41, 5.74) is 6.32. The molecule has 16 heavy (non-hydrogen) atoms. The lowest BCUT2D eigenvalue weighted by molar-refractivity contribution is 0.0888. The van der Waals surface area contributed by atoms with Gasteiger partial charge in [-0.3, -0.25) is 4.90 Å². The Morgan fingerprint density at radius 2 is 2.12 bits per heavy atom. The first-order valence-corrected chi connectivity index (χ1v) is 5.94. The van der Waals surface area contributed by atoms with Crippen molar-refractivity contribution < 1.29 is 9.53 Å². The van der Waals surface area contributed by atoms with E-state index in [4.69, 9.17) is 10.5 Å². The van der Waals surface area contributed by atoms with Gasteiger partial charge >= 0.3 is 6.09 Å². The Morgan fingerprint density at radius 1 is 1.44 bits per heavy atom. The molecule has 1 unspecified atom stereocenters. The van der Waals surface area contributed by atoms with Crippen molar-refractivity contribution in [3.63, 3.8) is 0 Å². The summed E-state index contributed by atoms with van der Waals surface area (Å²) in [5, 5.41) is 0. The molecule has 1 aromatic rings. The van der Waals surface area contributed by atoms with Crippen LogP contribution in [-0.2, 0) is 4.74 Å². The van der Waals surface area contributed by atoms with Crippen LogP contribution >= 0.6 is 15.9 Å². The Morgan fingerprint density at radius 3 is 2.69 bits per heavy atom. The minimum absolute atomic E-state index is 0.140. The average molecular weight is 285 g/mol. The van der Waals surface area contributed by atoms with Crippen LogP contribution in [0.15, 0.2) is 28.7 Å². The lowest BCUT2D eigenvalue weighted by atomic mass is 10.2. The predicted octanol–water partition coefficient (Wildman–Crippen LogP) is 2.12. The molecule has 1 heterocycles. The number of hydrogen-bond acceptors (Lipinski definition) is 3. The smallest absolute Gasteiger partial charge is 0.414 e. The van der Waals surface area contributed by atoms with Gasteiger partial charge in [0.1, 0.15) is 6.10 Å². The fourth-order valence-corrected chi connectivity index (χ4v) is 1.92. The quantitative estimate of drug-likeness (QED) is 0.905. The predicted molar refractivity (Wildman–Crippen MR) is 65.4 cm³/mol. The van der Waals surface area contributed by atoms with Crippen LogP contribution in [0.4, 0.5) is 10.5 Å². The minimum Gasteiger partial charge on any atom is -0.444 e. The highest BCUT2D eigenvalue weighted by Gasteiger charge is 2.26. The number of rotatable bonds is 2. The zero-order valence-electron chi connectivity index (χ0n) is 8.73. The SMILES string of the molecule is NCC1CCN(c2ccc(Br)cc2)C(=O)O1. The first kappa shape index (κ1) is 11.4. The topological polar surface area (TPSA) is 55.6 Å². The molecule has 1 atom stereocenters. The molecule has 4 nitrogen and oxygen atoms in total. The fourth-order valence-electron chi connectivity index (χ4n) is 1.65. The maximum Gasteiger partial charge on any atom is 0.414 e. The number of benzene rings is 1. The summed E-state index contributed by atoms with van der Waals surface area (Å²) >= 11 is 3.35. The van der Waals surface area contributed by atoms with Crippen LogP contribution in [0, 0.1) is 0 Å². The normalized spacial score (nSPS) is 20.8. The molecule has 2 N–H and O–H groups in total. The average Bonchev–Trinajstić information content (AvgIpc) is 2.30. The van der Waals surface area contributed by atoms with Crippen LogP contribution in [-0.4, -0.2) is 25.3 Å². The van der Waals surface area contributed by atoms with Crippen LogP contribution in [0.1, 0.15) is 6.42 Å². The summed E-state index contributed by atoms with van der Waals surface area (Å²) in [5.74, 6) is 0. The molecule has 5 heteroatoms. The van der Waals surface area contributed by atoms with Gasteiger partial charge in [0.05, 0.1) is 0 Å². The van der Waals surface area contributed by atoms with Crippen molar-refractivity contribution in [2.45, 2.75) is 12.5 Å². The number of carbonyl (C=O) groups excluding carboxylic acids is 1. The summed E-state index contributed by atoms with van der Waals surface area (Å²) < 4.78 is 6.17. The Hall–Kier alpha value is -1.07. The second-order valence-corrected chi connectivity index (χ2v) is 4.57. The molecule has 1 saturated heterocycles. The lowest BCUT2D eigenvalue weighted by Crippen LogP contribution is -2.44. The number of cyclic esters (lactones) is 1. The molecule has 1 aliphatic heterocycles. The van der Waals surface area contributed by atoms with Crippen LogP contribution in [0.5, 0.6) is 0 Å². The van der Waals surface area contributed by atoms with Crippen LogP contribution in [0.3, 0.4) is 0 Å². The Balaban J connectivity index is 2.11. The second-order valence-electron chi connectivity index (χ2n) is 3.66. The number of nitrogens with zero attached hydrogens (tertiary/aromatic N) is 1. The highest BCUT2D eigenvalue weighted by Crippen LogP contribution is 2.22. The number of halogens is 1. The third-order valence-corrected chi connectivity index (χ3v) is 3.09. The van der Waals surface area contributed by atoms with Crippen molar-refractivity contribution in [1.82, 2.24) is 0 Å². The standard InChI is InChI=1S/C11H13BrN2O2/c12-8-1-3-9(4-2-8)14-6-5-10(7-13)16-11(14)15/h1-4,10H,5-7,13H2. The third-order valence-electron chi connectivity index (χ3n) is 2.56. The van der Waals surface area contributed by atoms with Gasteiger partial charge in [-0.1, -0.05) is 15.9 Å². The van der Waals surface area contributed by atoms with Crippen LogP contribution in [0.2, 0.25) is 0 Å². The van der Waals surface area contributed by atoms with Gasteiger partial charge in [0.2, 0.25) is 0 Å². The highest BCUT2D eigenvalue weighted by molar-refractivity contribution is 9.10. The molecule has 1 amide bonds. The maximum atomic E-state index is 11.7. The molecular formula is C11H13BrN2O2. The van der Waals surface area contributed by atoms with E-state index in [1.807, 2.05) is 24.3 Å². The zero-order valence-corrected chi connectivity index (χ0v) is 10.3. The van der Waals surface area contributed by atoms with Crippen molar-refractivity contribution in [3.8, 4) is 0 Å². The number of ether oxygens (including phenoxy) is 1. The van der Waals surface area contributed by atoms with Gasteiger partial charge in [-0.15, -0.1) is 0 Å². The maximum absolute atomic E-state index is 11.7. The van der Waals surface area contributed by atoms with E-state index in [1.165, 1.54) is 0 Å². The van der Waals surface area contributed by atoms with Crippen molar-refractivity contribution in [3.05, 3.63) is 28.7 Å². The second kappa shape index (κ2) is 4.84. The summed E-state index contributed by atoms with van der Waals surface area (Å²) in [6, 6.07) is 7.57. The van der Waals surface area contributed by atoms with Gasteiger partial charge < -0.3 is 10.5 Å². The summed E-state index contributed by atoms with van der Waals surface area (Å²) in [6.45, 7) is 1.04. The van der Waals surface area contributed by atoms with Gasteiger partial charge in [-0.05, 0) is 24.3 Å². The van der Waals surface area contributed by atoms with Crippen molar-refractivity contribution in [2.75, 3.05) is 18.0 Å². The molecular weight excluding hydrogens is 272 g/mol. The highest BCUT2D eigenvalue weighted by atomic mass is 79.9. The van der Waals surface area contributed by atoms with Gasteiger partial charge in [-0.25, -0.2) is 4.79 Å². The third kappa shape index (κ3) is 2.36. The number of carbonyl (C=O) groups is 1. The first-order valence-electron chi connectivity index (χ1n) is 5.14. The van der Waals surface area contributed by atoms with Gasteiger partial charge in [0.25, 0.3) is 0 Å². The van der Waals surface area contributed by atoms with E-state index in [-0.39, 0.29) is 12.2 Å².